The van der Waals surface area contributed by atoms with E-state index in [1.807, 2.05) is 6.07 Å². The van der Waals surface area contributed by atoms with Crippen molar-refractivity contribution in [2.24, 2.45) is 0 Å². The largest absolute Gasteiger partial charge is 0.493 e. The van der Waals surface area contributed by atoms with Crippen molar-refractivity contribution in [1.82, 2.24) is 15.1 Å². The van der Waals surface area contributed by atoms with Gasteiger partial charge < -0.3 is 24.6 Å². The number of amides is 3. The van der Waals surface area contributed by atoms with Gasteiger partial charge in [-0.05, 0) is 25.0 Å². The predicted octanol–water partition coefficient (Wildman–Crippen LogP) is 1.05. The number of benzene rings is 1. The molecule has 1 aromatic carbocycles. The minimum Gasteiger partial charge on any atom is -0.493 e. The van der Waals surface area contributed by atoms with Gasteiger partial charge in [-0.1, -0.05) is 0 Å². The molecule has 2 fully saturated rings. The van der Waals surface area contributed by atoms with Crippen LogP contribution in [0.1, 0.15) is 12.8 Å². The van der Waals surface area contributed by atoms with Crippen molar-refractivity contribution in [3.05, 3.63) is 18.2 Å². The van der Waals surface area contributed by atoms with Gasteiger partial charge in [0.1, 0.15) is 6.04 Å². The monoisotopic (exact) mass is 401 g/mol. The van der Waals surface area contributed by atoms with E-state index in [9.17, 15) is 9.59 Å². The van der Waals surface area contributed by atoms with Crippen molar-refractivity contribution in [2.75, 3.05) is 58.4 Å². The molecule has 9 nitrogen and oxygen atoms in total. The fraction of sp³-hybridized carbons (Fsp3) is 0.550. The maximum absolute atomic E-state index is 12.7. The Hall–Kier alpha value is -2.99. The number of carbonyl (C=O) groups excluding carboxylic acids is 2. The van der Waals surface area contributed by atoms with Crippen molar-refractivity contribution in [1.29, 1.82) is 5.26 Å². The van der Waals surface area contributed by atoms with Crippen LogP contribution in [0.2, 0.25) is 0 Å². The number of urea groups is 1. The minimum absolute atomic E-state index is 0.0613. The minimum atomic E-state index is -0.306. The number of anilines is 1. The molecular formula is C20H27N5O4. The second-order valence-corrected chi connectivity index (χ2v) is 7.01. The summed E-state index contributed by atoms with van der Waals surface area (Å²) in [5, 5.41) is 12.2. The van der Waals surface area contributed by atoms with Crippen LogP contribution in [0.5, 0.6) is 11.5 Å². The quantitative estimate of drug-likeness (QED) is 0.654. The summed E-state index contributed by atoms with van der Waals surface area (Å²) in [6.45, 7) is 3.06. The standard InChI is InChI=1S/C20H27N5O4/c1-28-17-6-5-15(12-18(17)29-2)25-11-10-23(20(25)27)9-7-22-14-19(26)24-8-3-4-16(24)13-21/h5-6,12,16,22H,3-4,7-11,14H2,1-2H3/t16-/m1/s1. The SMILES string of the molecule is COc1ccc(N2CCN(CCNCC(=O)N3CCC[C@@H]3C#N)C2=O)cc1OC. The number of methoxy groups -OCH3 is 2. The Kier molecular flexibility index (Phi) is 6.77. The first-order valence-corrected chi connectivity index (χ1v) is 9.77. The number of nitriles is 1. The maximum atomic E-state index is 12.7. The fourth-order valence-electron chi connectivity index (χ4n) is 3.73. The van der Waals surface area contributed by atoms with E-state index in [0.29, 0.717) is 44.2 Å². The summed E-state index contributed by atoms with van der Waals surface area (Å²) in [6, 6.07) is 7.20. The van der Waals surface area contributed by atoms with E-state index in [1.165, 1.54) is 0 Å². The molecule has 9 heteroatoms. The Morgan fingerprint density at radius 3 is 2.76 bits per heavy atom. The number of carbonyl (C=O) groups is 2. The highest BCUT2D eigenvalue weighted by molar-refractivity contribution is 5.94. The van der Waals surface area contributed by atoms with Crippen molar-refractivity contribution >= 4 is 17.6 Å². The number of rotatable bonds is 8. The number of likely N-dealkylation sites (tertiary alicyclic amines) is 1. The van der Waals surface area contributed by atoms with Crippen molar-refractivity contribution in [2.45, 2.75) is 18.9 Å². The lowest BCUT2D eigenvalue weighted by atomic mass is 10.2. The molecule has 0 aromatic heterocycles. The molecule has 0 radical (unpaired) electrons. The van der Waals surface area contributed by atoms with Gasteiger partial charge in [-0.15, -0.1) is 0 Å². The molecule has 1 N–H and O–H groups in total. The summed E-state index contributed by atoms with van der Waals surface area (Å²) in [5.41, 5.74) is 0.759. The first-order chi connectivity index (χ1) is 14.1. The van der Waals surface area contributed by atoms with Crippen LogP contribution < -0.4 is 19.7 Å². The molecule has 156 valence electrons. The number of hydrogen-bond acceptors (Lipinski definition) is 6. The van der Waals surface area contributed by atoms with Gasteiger partial charge in [-0.2, -0.15) is 5.26 Å². The van der Waals surface area contributed by atoms with E-state index >= 15 is 0 Å². The van der Waals surface area contributed by atoms with E-state index in [0.717, 1.165) is 18.5 Å². The average molecular weight is 401 g/mol. The second kappa shape index (κ2) is 9.47. The van der Waals surface area contributed by atoms with E-state index in [2.05, 4.69) is 11.4 Å². The highest BCUT2D eigenvalue weighted by Crippen LogP contribution is 2.32. The molecule has 1 aromatic rings. The lowest BCUT2D eigenvalue weighted by Gasteiger charge is -2.21. The van der Waals surface area contributed by atoms with Crippen LogP contribution in [-0.2, 0) is 4.79 Å². The van der Waals surface area contributed by atoms with Gasteiger partial charge in [0, 0.05) is 44.5 Å². The van der Waals surface area contributed by atoms with Gasteiger partial charge in [-0.3, -0.25) is 9.69 Å². The third kappa shape index (κ3) is 4.54. The van der Waals surface area contributed by atoms with Crippen molar-refractivity contribution in [3.63, 3.8) is 0 Å². The molecule has 29 heavy (non-hydrogen) atoms. The van der Waals surface area contributed by atoms with Crippen LogP contribution >= 0.6 is 0 Å². The Balaban J connectivity index is 1.47. The van der Waals surface area contributed by atoms with E-state index in [-0.39, 0.29) is 24.5 Å². The topological polar surface area (TPSA) is 98.1 Å². The highest BCUT2D eigenvalue weighted by Gasteiger charge is 2.30. The van der Waals surface area contributed by atoms with Crippen LogP contribution in [-0.4, -0.2) is 81.3 Å². The molecule has 2 saturated heterocycles. The smallest absolute Gasteiger partial charge is 0.324 e. The lowest BCUT2D eigenvalue weighted by molar-refractivity contribution is -0.130. The zero-order valence-electron chi connectivity index (χ0n) is 16.9. The number of nitrogens with one attached hydrogen (secondary N) is 1. The van der Waals surface area contributed by atoms with Gasteiger partial charge in [0.2, 0.25) is 5.91 Å². The lowest BCUT2D eigenvalue weighted by Crippen LogP contribution is -2.43. The predicted molar refractivity (Wildman–Crippen MR) is 107 cm³/mol. The Bertz CT molecular complexity index is 794. The number of hydrogen-bond donors (Lipinski definition) is 1. The van der Waals surface area contributed by atoms with Crippen LogP contribution in [0.3, 0.4) is 0 Å². The van der Waals surface area contributed by atoms with E-state index in [4.69, 9.17) is 14.7 Å². The van der Waals surface area contributed by atoms with Crippen LogP contribution in [0.25, 0.3) is 0 Å². The fourth-order valence-corrected chi connectivity index (χ4v) is 3.73. The third-order valence-corrected chi connectivity index (χ3v) is 5.33. The normalized spacial score (nSPS) is 18.9. The van der Waals surface area contributed by atoms with Crippen LogP contribution in [0, 0.1) is 11.3 Å². The summed E-state index contributed by atoms with van der Waals surface area (Å²) in [5.74, 6) is 1.13. The van der Waals surface area contributed by atoms with Gasteiger partial charge >= 0.3 is 6.03 Å². The highest BCUT2D eigenvalue weighted by atomic mass is 16.5. The zero-order chi connectivity index (χ0) is 20.8. The Morgan fingerprint density at radius 1 is 1.24 bits per heavy atom. The summed E-state index contributed by atoms with van der Waals surface area (Å²) >= 11 is 0. The summed E-state index contributed by atoms with van der Waals surface area (Å²) < 4.78 is 10.6. The Morgan fingerprint density at radius 2 is 2.03 bits per heavy atom. The molecule has 0 bridgehead atoms. The molecule has 1 atom stereocenters. The molecule has 0 spiro atoms. The van der Waals surface area contributed by atoms with Crippen molar-refractivity contribution in [3.8, 4) is 17.6 Å². The van der Waals surface area contributed by atoms with Gasteiger partial charge in [0.05, 0.1) is 26.8 Å². The number of nitrogens with zero attached hydrogens (tertiary/aromatic N) is 4. The molecule has 0 saturated carbocycles. The van der Waals surface area contributed by atoms with Crippen LogP contribution in [0.4, 0.5) is 10.5 Å². The summed E-state index contributed by atoms with van der Waals surface area (Å²) in [6.07, 6.45) is 1.62. The first-order valence-electron chi connectivity index (χ1n) is 9.77. The molecule has 2 aliphatic rings. The number of ether oxygens (including phenoxy) is 2. The van der Waals surface area contributed by atoms with E-state index < -0.39 is 0 Å². The van der Waals surface area contributed by atoms with Gasteiger partial charge in [-0.25, -0.2) is 4.79 Å². The third-order valence-electron chi connectivity index (χ3n) is 5.33. The molecule has 2 heterocycles. The van der Waals surface area contributed by atoms with Gasteiger partial charge in [0.15, 0.2) is 11.5 Å². The zero-order valence-corrected chi connectivity index (χ0v) is 16.9. The van der Waals surface area contributed by atoms with Crippen molar-refractivity contribution < 1.29 is 19.1 Å². The summed E-state index contributed by atoms with van der Waals surface area (Å²) in [7, 11) is 3.13. The Labute approximate surface area is 170 Å². The molecule has 3 rings (SSSR count). The molecule has 2 aliphatic heterocycles. The van der Waals surface area contributed by atoms with E-state index in [1.54, 1.807) is 41.1 Å². The van der Waals surface area contributed by atoms with Gasteiger partial charge in [0.25, 0.3) is 0 Å². The summed E-state index contributed by atoms with van der Waals surface area (Å²) in [4.78, 5) is 30.0. The maximum Gasteiger partial charge on any atom is 0.324 e. The average Bonchev–Trinajstić information content (AvgIpc) is 3.37. The molecule has 0 unspecified atom stereocenters. The molecule has 0 aliphatic carbocycles. The first kappa shape index (κ1) is 20.7. The second-order valence-electron chi connectivity index (χ2n) is 7.01. The molecule has 3 amide bonds. The molecular weight excluding hydrogens is 374 g/mol. The van der Waals surface area contributed by atoms with Crippen LogP contribution in [0.15, 0.2) is 18.2 Å².